The number of halogens is 3. The van der Waals surface area contributed by atoms with E-state index < -0.39 is 44.3 Å². The second kappa shape index (κ2) is 8.23. The van der Waals surface area contributed by atoms with Crippen LogP contribution in [0.4, 0.5) is 13.2 Å². The highest BCUT2D eigenvalue weighted by Gasteiger charge is 2.30. The van der Waals surface area contributed by atoms with Crippen LogP contribution in [0.1, 0.15) is 34.8 Å². The summed E-state index contributed by atoms with van der Waals surface area (Å²) in [6.45, 7) is 0.525. The van der Waals surface area contributed by atoms with Crippen molar-refractivity contribution in [1.29, 1.82) is 5.26 Å². The molecule has 1 N–H and O–H groups in total. The molecular weight excluding hydrogens is 407 g/mol. The zero-order chi connectivity index (χ0) is 21.2. The average Bonchev–Trinajstić information content (AvgIpc) is 3.22. The van der Waals surface area contributed by atoms with E-state index in [4.69, 9.17) is 0 Å². The van der Waals surface area contributed by atoms with Crippen LogP contribution < -0.4 is 5.32 Å². The quantitative estimate of drug-likeness (QED) is 0.801. The Bertz CT molecular complexity index is 1090. The minimum Gasteiger partial charge on any atom is -0.332 e. The summed E-state index contributed by atoms with van der Waals surface area (Å²) in [5, 5.41) is 11.5. The molecule has 1 aliphatic rings. The standard InChI is InChI=1S/C19H16F3N3O3S/c20-13-4-5-14(16(22)10-13)17(11-23)24-19(26)12-3-6-15(21)18(9-12)29(27,28)25-7-1-2-8-25/h3-6,9-10,17H,1-2,7-8H2,(H,24,26). The predicted octanol–water partition coefficient (Wildman–Crippen LogP) is 2.88. The zero-order valence-electron chi connectivity index (χ0n) is 15.0. The Kier molecular flexibility index (Phi) is 5.91. The summed E-state index contributed by atoms with van der Waals surface area (Å²) in [7, 11) is -4.11. The number of hydrogen-bond acceptors (Lipinski definition) is 4. The van der Waals surface area contributed by atoms with E-state index in [0.717, 1.165) is 34.6 Å². The van der Waals surface area contributed by atoms with Gasteiger partial charge in [0.05, 0.1) is 6.07 Å². The molecule has 10 heteroatoms. The van der Waals surface area contributed by atoms with Crippen molar-refractivity contribution in [1.82, 2.24) is 9.62 Å². The van der Waals surface area contributed by atoms with Crippen molar-refractivity contribution < 1.29 is 26.4 Å². The fourth-order valence-electron chi connectivity index (χ4n) is 3.04. The number of carbonyl (C=O) groups is 1. The first-order valence-corrected chi connectivity index (χ1v) is 10.1. The SMILES string of the molecule is N#CC(NC(=O)c1ccc(F)c(S(=O)(=O)N2CCCC2)c1)c1ccc(F)cc1F. The van der Waals surface area contributed by atoms with E-state index in [1.54, 1.807) is 6.07 Å². The fraction of sp³-hybridized carbons (Fsp3) is 0.263. The fourth-order valence-corrected chi connectivity index (χ4v) is 4.65. The largest absolute Gasteiger partial charge is 0.332 e. The van der Waals surface area contributed by atoms with Gasteiger partial charge in [-0.25, -0.2) is 21.6 Å². The van der Waals surface area contributed by atoms with Crippen LogP contribution in [0, 0.1) is 28.8 Å². The lowest BCUT2D eigenvalue weighted by atomic mass is 10.1. The maximum atomic E-state index is 14.2. The Morgan fingerprint density at radius 3 is 2.38 bits per heavy atom. The third kappa shape index (κ3) is 4.26. The Labute approximate surface area is 165 Å². The van der Waals surface area contributed by atoms with E-state index in [-0.39, 0.29) is 24.2 Å². The Morgan fingerprint density at radius 1 is 1.07 bits per heavy atom. The summed E-state index contributed by atoms with van der Waals surface area (Å²) >= 11 is 0. The van der Waals surface area contributed by atoms with E-state index in [0.29, 0.717) is 18.9 Å². The predicted molar refractivity (Wildman–Crippen MR) is 96.6 cm³/mol. The summed E-state index contributed by atoms with van der Waals surface area (Å²) in [6.07, 6.45) is 1.32. The van der Waals surface area contributed by atoms with Crippen molar-refractivity contribution in [2.75, 3.05) is 13.1 Å². The Morgan fingerprint density at radius 2 is 1.76 bits per heavy atom. The number of nitrogens with zero attached hydrogens (tertiary/aromatic N) is 2. The molecule has 0 spiro atoms. The molecule has 29 heavy (non-hydrogen) atoms. The van der Waals surface area contributed by atoms with Crippen molar-refractivity contribution >= 4 is 15.9 Å². The van der Waals surface area contributed by atoms with Crippen molar-refractivity contribution in [3.63, 3.8) is 0 Å². The van der Waals surface area contributed by atoms with E-state index in [2.05, 4.69) is 5.32 Å². The zero-order valence-corrected chi connectivity index (χ0v) is 15.8. The Balaban J connectivity index is 1.88. The second-order valence-corrected chi connectivity index (χ2v) is 8.36. The molecule has 0 radical (unpaired) electrons. The molecule has 1 amide bonds. The maximum Gasteiger partial charge on any atom is 0.252 e. The van der Waals surface area contributed by atoms with Crippen molar-refractivity contribution in [3.8, 4) is 6.07 Å². The highest BCUT2D eigenvalue weighted by molar-refractivity contribution is 7.89. The molecule has 0 saturated carbocycles. The molecule has 6 nitrogen and oxygen atoms in total. The van der Waals surface area contributed by atoms with E-state index in [1.807, 2.05) is 0 Å². The molecule has 2 aromatic carbocycles. The minimum absolute atomic E-state index is 0.216. The molecule has 0 bridgehead atoms. The van der Waals surface area contributed by atoms with Crippen molar-refractivity contribution in [3.05, 3.63) is 65.0 Å². The van der Waals surface area contributed by atoms with Gasteiger partial charge >= 0.3 is 0 Å². The van der Waals surface area contributed by atoms with Crippen molar-refractivity contribution in [2.24, 2.45) is 0 Å². The number of rotatable bonds is 5. The van der Waals surface area contributed by atoms with Gasteiger partial charge in [-0.1, -0.05) is 6.07 Å². The summed E-state index contributed by atoms with van der Waals surface area (Å²) in [6, 6.07) is 5.55. The van der Waals surface area contributed by atoms with Crippen LogP contribution in [0.3, 0.4) is 0 Å². The van der Waals surface area contributed by atoms with Gasteiger partial charge in [-0.05, 0) is 37.1 Å². The lowest BCUT2D eigenvalue weighted by Crippen LogP contribution is -2.30. The molecule has 2 aromatic rings. The molecule has 3 rings (SSSR count). The minimum atomic E-state index is -4.11. The van der Waals surface area contributed by atoms with Crippen molar-refractivity contribution in [2.45, 2.75) is 23.8 Å². The number of sulfonamides is 1. The van der Waals surface area contributed by atoms with E-state index in [9.17, 15) is 31.6 Å². The molecule has 1 atom stereocenters. The second-order valence-electron chi connectivity index (χ2n) is 6.46. The first-order valence-electron chi connectivity index (χ1n) is 8.69. The molecular formula is C19H16F3N3O3S. The van der Waals surface area contributed by atoms with Gasteiger partial charge in [0.15, 0.2) is 0 Å². The first-order chi connectivity index (χ1) is 13.7. The van der Waals surface area contributed by atoms with Gasteiger partial charge in [-0.2, -0.15) is 9.57 Å². The molecule has 0 aliphatic carbocycles. The van der Waals surface area contributed by atoms with Gasteiger partial charge in [-0.3, -0.25) is 4.79 Å². The third-order valence-corrected chi connectivity index (χ3v) is 6.47. The highest BCUT2D eigenvalue weighted by Crippen LogP contribution is 2.25. The van der Waals surface area contributed by atoms with E-state index in [1.165, 1.54) is 0 Å². The van der Waals surface area contributed by atoms with Crippen LogP contribution in [0.15, 0.2) is 41.3 Å². The molecule has 1 fully saturated rings. The number of nitrogens with one attached hydrogen (secondary N) is 1. The van der Waals surface area contributed by atoms with Gasteiger partial charge in [0.25, 0.3) is 5.91 Å². The molecule has 1 saturated heterocycles. The van der Waals surface area contributed by atoms with Gasteiger partial charge in [-0.15, -0.1) is 0 Å². The Hall–Kier alpha value is -2.90. The molecule has 152 valence electrons. The van der Waals surface area contributed by atoms with Gasteiger partial charge in [0.2, 0.25) is 10.0 Å². The van der Waals surface area contributed by atoms with Gasteiger partial charge in [0, 0.05) is 30.3 Å². The third-order valence-electron chi connectivity index (χ3n) is 4.55. The van der Waals surface area contributed by atoms with Crippen LogP contribution in [-0.2, 0) is 10.0 Å². The topological polar surface area (TPSA) is 90.3 Å². The average molecular weight is 423 g/mol. The lowest BCUT2D eigenvalue weighted by Gasteiger charge is -2.17. The van der Waals surface area contributed by atoms with Crippen LogP contribution in [0.25, 0.3) is 0 Å². The van der Waals surface area contributed by atoms with Gasteiger partial charge < -0.3 is 5.32 Å². The molecule has 0 aromatic heterocycles. The van der Waals surface area contributed by atoms with Crippen LogP contribution in [0.2, 0.25) is 0 Å². The number of amides is 1. The summed E-state index contributed by atoms with van der Waals surface area (Å²) in [5.41, 5.74) is -0.471. The van der Waals surface area contributed by atoms with Crippen LogP contribution in [0.5, 0.6) is 0 Å². The maximum absolute atomic E-state index is 14.2. The summed E-state index contributed by atoms with van der Waals surface area (Å²) in [5.74, 6) is -3.77. The molecule has 1 heterocycles. The summed E-state index contributed by atoms with van der Waals surface area (Å²) < 4.78 is 67.5. The smallest absolute Gasteiger partial charge is 0.252 e. The first kappa shape index (κ1) is 20.8. The summed E-state index contributed by atoms with van der Waals surface area (Å²) in [4.78, 5) is 11.8. The monoisotopic (exact) mass is 423 g/mol. The molecule has 1 aliphatic heterocycles. The number of hydrogen-bond donors (Lipinski definition) is 1. The normalized spacial score (nSPS) is 15.7. The van der Waals surface area contributed by atoms with Crippen LogP contribution >= 0.6 is 0 Å². The lowest BCUT2D eigenvalue weighted by molar-refractivity contribution is 0.0944. The highest BCUT2D eigenvalue weighted by atomic mass is 32.2. The van der Waals surface area contributed by atoms with Crippen LogP contribution in [-0.4, -0.2) is 31.7 Å². The van der Waals surface area contributed by atoms with Gasteiger partial charge in [0.1, 0.15) is 28.4 Å². The molecule has 1 unspecified atom stereocenters. The number of nitriles is 1. The van der Waals surface area contributed by atoms with E-state index >= 15 is 0 Å². The number of benzene rings is 2. The number of carbonyl (C=O) groups excluding carboxylic acids is 1.